The number of nitrogens with one attached hydrogen (secondary N) is 2. The number of amides is 2. The van der Waals surface area contributed by atoms with Gasteiger partial charge in [0.15, 0.2) is 0 Å². The third-order valence-electron chi connectivity index (χ3n) is 4.75. The Balaban J connectivity index is 1.50. The SMILES string of the molecule is CC(C)Oc1ccc(CNCC(=O)Nc2cccc(C(=O)N(C)c3ccccc3)c2)cc1. The molecule has 0 aliphatic carbocycles. The Morgan fingerprint density at radius 2 is 1.66 bits per heavy atom. The number of hydrogen-bond acceptors (Lipinski definition) is 4. The van der Waals surface area contributed by atoms with E-state index in [4.69, 9.17) is 4.74 Å². The van der Waals surface area contributed by atoms with Crippen LogP contribution in [0.2, 0.25) is 0 Å². The number of carbonyl (C=O) groups excluding carboxylic acids is 2. The molecule has 6 nitrogen and oxygen atoms in total. The molecule has 0 fully saturated rings. The van der Waals surface area contributed by atoms with Gasteiger partial charge in [0, 0.05) is 30.5 Å². The molecule has 0 spiro atoms. The summed E-state index contributed by atoms with van der Waals surface area (Å²) in [4.78, 5) is 26.7. The van der Waals surface area contributed by atoms with Crippen LogP contribution in [0.4, 0.5) is 11.4 Å². The van der Waals surface area contributed by atoms with Gasteiger partial charge in [0.05, 0.1) is 12.6 Å². The van der Waals surface area contributed by atoms with E-state index in [-0.39, 0.29) is 24.5 Å². The summed E-state index contributed by atoms with van der Waals surface area (Å²) in [5.41, 5.74) is 2.95. The summed E-state index contributed by atoms with van der Waals surface area (Å²) in [5.74, 6) is 0.509. The molecule has 166 valence electrons. The van der Waals surface area contributed by atoms with Crippen LogP contribution in [0.25, 0.3) is 0 Å². The lowest BCUT2D eigenvalue weighted by molar-refractivity contribution is -0.115. The molecule has 6 heteroatoms. The Morgan fingerprint density at radius 1 is 0.938 bits per heavy atom. The van der Waals surface area contributed by atoms with E-state index in [1.54, 1.807) is 36.2 Å². The molecule has 0 atom stereocenters. The molecule has 0 unspecified atom stereocenters. The molecule has 32 heavy (non-hydrogen) atoms. The molecule has 0 radical (unpaired) electrons. The first-order valence-corrected chi connectivity index (χ1v) is 10.6. The van der Waals surface area contributed by atoms with Crippen molar-refractivity contribution in [1.82, 2.24) is 5.32 Å². The third-order valence-corrected chi connectivity index (χ3v) is 4.75. The summed E-state index contributed by atoms with van der Waals surface area (Å²) in [5, 5.41) is 5.97. The van der Waals surface area contributed by atoms with Crippen LogP contribution in [-0.4, -0.2) is 31.5 Å². The minimum Gasteiger partial charge on any atom is -0.491 e. The number of carbonyl (C=O) groups is 2. The molecule has 0 saturated heterocycles. The second-order valence-corrected chi connectivity index (χ2v) is 7.74. The fourth-order valence-corrected chi connectivity index (χ4v) is 3.18. The van der Waals surface area contributed by atoms with Crippen LogP contribution in [0.1, 0.15) is 29.8 Å². The molecule has 0 aliphatic heterocycles. The van der Waals surface area contributed by atoms with E-state index in [9.17, 15) is 9.59 Å². The largest absolute Gasteiger partial charge is 0.491 e. The summed E-state index contributed by atoms with van der Waals surface area (Å²) in [6.45, 7) is 4.70. The molecule has 3 aromatic carbocycles. The van der Waals surface area contributed by atoms with Crippen LogP contribution in [0.5, 0.6) is 5.75 Å². The second-order valence-electron chi connectivity index (χ2n) is 7.74. The first-order valence-electron chi connectivity index (χ1n) is 10.6. The van der Waals surface area contributed by atoms with Crippen molar-refractivity contribution < 1.29 is 14.3 Å². The minimum absolute atomic E-state index is 0.134. The van der Waals surface area contributed by atoms with Crippen LogP contribution >= 0.6 is 0 Å². The summed E-state index contributed by atoms with van der Waals surface area (Å²) in [7, 11) is 1.73. The smallest absolute Gasteiger partial charge is 0.258 e. The fourth-order valence-electron chi connectivity index (χ4n) is 3.18. The van der Waals surface area contributed by atoms with Crippen molar-refractivity contribution in [1.29, 1.82) is 0 Å². The predicted molar refractivity (Wildman–Crippen MR) is 128 cm³/mol. The lowest BCUT2D eigenvalue weighted by atomic mass is 10.1. The maximum Gasteiger partial charge on any atom is 0.258 e. The van der Waals surface area contributed by atoms with Gasteiger partial charge in [-0.15, -0.1) is 0 Å². The summed E-state index contributed by atoms with van der Waals surface area (Å²) in [6, 6.07) is 24.2. The van der Waals surface area contributed by atoms with Gasteiger partial charge < -0.3 is 20.3 Å². The number of anilines is 2. The lowest BCUT2D eigenvalue weighted by Crippen LogP contribution is -2.28. The Morgan fingerprint density at radius 3 is 2.34 bits per heavy atom. The van der Waals surface area contributed by atoms with Crippen LogP contribution in [0.3, 0.4) is 0 Å². The first-order chi connectivity index (χ1) is 15.4. The number of para-hydroxylation sites is 1. The summed E-state index contributed by atoms with van der Waals surface area (Å²) < 4.78 is 5.63. The molecule has 2 N–H and O–H groups in total. The van der Waals surface area contributed by atoms with E-state index >= 15 is 0 Å². The van der Waals surface area contributed by atoms with E-state index in [2.05, 4.69) is 10.6 Å². The predicted octanol–water partition coefficient (Wildman–Crippen LogP) is 4.48. The standard InChI is InChI=1S/C26H29N3O3/c1-19(2)32-24-14-12-20(13-15-24)17-27-18-25(30)28-22-9-7-8-21(16-22)26(31)29(3)23-10-5-4-6-11-23/h4-16,19,27H,17-18H2,1-3H3,(H,28,30). The number of nitrogens with zero attached hydrogens (tertiary/aromatic N) is 1. The van der Waals surface area contributed by atoms with Crippen molar-refractivity contribution in [3.63, 3.8) is 0 Å². The number of rotatable bonds is 9. The van der Waals surface area contributed by atoms with E-state index in [0.29, 0.717) is 17.8 Å². The molecule has 0 saturated carbocycles. The molecule has 3 rings (SSSR count). The number of ether oxygens (including phenoxy) is 1. The van der Waals surface area contributed by atoms with Crippen molar-refractivity contribution in [3.05, 3.63) is 90.0 Å². The van der Waals surface area contributed by atoms with E-state index in [1.807, 2.05) is 68.4 Å². The topological polar surface area (TPSA) is 70.7 Å². The van der Waals surface area contributed by atoms with Crippen molar-refractivity contribution in [3.8, 4) is 5.75 Å². The Bertz CT molecular complexity index is 1030. The maximum atomic E-state index is 12.8. The van der Waals surface area contributed by atoms with Gasteiger partial charge in [-0.2, -0.15) is 0 Å². The van der Waals surface area contributed by atoms with Crippen LogP contribution in [-0.2, 0) is 11.3 Å². The maximum absolute atomic E-state index is 12.8. The summed E-state index contributed by atoms with van der Waals surface area (Å²) >= 11 is 0. The Hall–Kier alpha value is -3.64. The zero-order valence-corrected chi connectivity index (χ0v) is 18.7. The third kappa shape index (κ3) is 6.68. The molecule has 0 aliphatic rings. The first kappa shape index (κ1) is 23.0. The van der Waals surface area contributed by atoms with E-state index in [1.165, 1.54) is 0 Å². The van der Waals surface area contributed by atoms with Gasteiger partial charge in [-0.05, 0) is 61.9 Å². The number of benzene rings is 3. The Labute approximate surface area is 189 Å². The Kier molecular flexibility index (Phi) is 8.00. The van der Waals surface area contributed by atoms with Crippen molar-refractivity contribution in [2.24, 2.45) is 0 Å². The van der Waals surface area contributed by atoms with Gasteiger partial charge in [0.25, 0.3) is 5.91 Å². The zero-order valence-electron chi connectivity index (χ0n) is 18.7. The van der Waals surface area contributed by atoms with E-state index < -0.39 is 0 Å². The van der Waals surface area contributed by atoms with Gasteiger partial charge in [-0.25, -0.2) is 0 Å². The normalized spacial score (nSPS) is 10.6. The van der Waals surface area contributed by atoms with Gasteiger partial charge in [0.1, 0.15) is 5.75 Å². The molecule has 3 aromatic rings. The zero-order chi connectivity index (χ0) is 22.9. The van der Waals surface area contributed by atoms with Crippen molar-refractivity contribution in [2.75, 3.05) is 23.8 Å². The molecule has 0 bridgehead atoms. The average molecular weight is 432 g/mol. The van der Waals surface area contributed by atoms with Gasteiger partial charge >= 0.3 is 0 Å². The fraction of sp³-hybridized carbons (Fsp3) is 0.231. The number of hydrogen-bond donors (Lipinski definition) is 2. The van der Waals surface area contributed by atoms with Crippen molar-refractivity contribution >= 4 is 23.2 Å². The van der Waals surface area contributed by atoms with Crippen LogP contribution < -0.4 is 20.3 Å². The molecular weight excluding hydrogens is 402 g/mol. The second kappa shape index (κ2) is 11.1. The average Bonchev–Trinajstić information content (AvgIpc) is 2.79. The highest BCUT2D eigenvalue weighted by Crippen LogP contribution is 2.17. The van der Waals surface area contributed by atoms with Crippen molar-refractivity contribution in [2.45, 2.75) is 26.5 Å². The molecule has 2 amide bonds. The summed E-state index contributed by atoms with van der Waals surface area (Å²) in [6.07, 6.45) is 0.134. The highest BCUT2D eigenvalue weighted by atomic mass is 16.5. The lowest BCUT2D eigenvalue weighted by Gasteiger charge is -2.17. The van der Waals surface area contributed by atoms with Crippen LogP contribution in [0.15, 0.2) is 78.9 Å². The molecule has 0 aromatic heterocycles. The van der Waals surface area contributed by atoms with Crippen LogP contribution in [0, 0.1) is 0 Å². The minimum atomic E-state index is -0.175. The van der Waals surface area contributed by atoms with Gasteiger partial charge in [-0.3, -0.25) is 9.59 Å². The molecule has 0 heterocycles. The van der Waals surface area contributed by atoms with Gasteiger partial charge in [-0.1, -0.05) is 36.4 Å². The highest BCUT2D eigenvalue weighted by Gasteiger charge is 2.14. The monoisotopic (exact) mass is 431 g/mol. The van der Waals surface area contributed by atoms with Gasteiger partial charge in [0.2, 0.25) is 5.91 Å². The highest BCUT2D eigenvalue weighted by molar-refractivity contribution is 6.06. The quantitative estimate of drug-likeness (QED) is 0.524. The molecular formula is C26H29N3O3. The van der Waals surface area contributed by atoms with E-state index in [0.717, 1.165) is 17.0 Å².